The molecule has 0 saturated heterocycles. The fourth-order valence-corrected chi connectivity index (χ4v) is 4.88. The highest BCUT2D eigenvalue weighted by atomic mass is 35.5. The summed E-state index contributed by atoms with van der Waals surface area (Å²) in [5.41, 5.74) is 6.24. The van der Waals surface area contributed by atoms with Gasteiger partial charge in [0.25, 0.3) is 0 Å². The molecule has 1 unspecified atom stereocenters. The van der Waals surface area contributed by atoms with Crippen LogP contribution in [0.2, 0.25) is 5.02 Å². The van der Waals surface area contributed by atoms with Crippen LogP contribution < -0.4 is 10.6 Å². The quantitative estimate of drug-likeness (QED) is 0.265. The van der Waals surface area contributed by atoms with Gasteiger partial charge in [-0.15, -0.1) is 10.2 Å². The second-order valence-electron chi connectivity index (χ2n) is 8.51. The van der Waals surface area contributed by atoms with Crippen molar-refractivity contribution in [2.75, 3.05) is 5.32 Å². The van der Waals surface area contributed by atoms with Gasteiger partial charge in [-0.3, -0.25) is 4.57 Å². The smallest absolute Gasteiger partial charge is 0.319 e. The van der Waals surface area contributed by atoms with E-state index in [0.29, 0.717) is 10.8 Å². The Balaban J connectivity index is 1.61. The van der Waals surface area contributed by atoms with E-state index < -0.39 is 6.04 Å². The lowest BCUT2D eigenvalue weighted by molar-refractivity contribution is 0.249. The van der Waals surface area contributed by atoms with Crippen molar-refractivity contribution in [2.24, 2.45) is 0 Å². The second-order valence-corrected chi connectivity index (χ2v) is 9.89. The second kappa shape index (κ2) is 11.0. The van der Waals surface area contributed by atoms with E-state index in [0.717, 1.165) is 33.4 Å². The van der Waals surface area contributed by atoms with Gasteiger partial charge in [0.2, 0.25) is 0 Å². The van der Waals surface area contributed by atoms with Crippen LogP contribution in [0.3, 0.4) is 0 Å². The van der Waals surface area contributed by atoms with E-state index in [4.69, 9.17) is 11.6 Å². The number of urea groups is 1. The molecule has 1 heterocycles. The molecule has 4 rings (SSSR count). The van der Waals surface area contributed by atoms with Gasteiger partial charge in [-0.05, 0) is 68.7 Å². The molecule has 2 amide bonds. The summed E-state index contributed by atoms with van der Waals surface area (Å²) in [4.78, 5) is 12.7. The van der Waals surface area contributed by atoms with E-state index in [1.165, 1.54) is 11.1 Å². The van der Waals surface area contributed by atoms with Gasteiger partial charge in [0, 0.05) is 16.5 Å². The average Bonchev–Trinajstić information content (AvgIpc) is 3.25. The highest BCUT2D eigenvalue weighted by Crippen LogP contribution is 2.31. The number of rotatable bonds is 7. The first-order chi connectivity index (χ1) is 16.8. The predicted octanol–water partition coefficient (Wildman–Crippen LogP) is 7.02. The third kappa shape index (κ3) is 6.05. The Hall–Kier alpha value is -3.29. The number of anilines is 1. The maximum Gasteiger partial charge on any atom is 0.319 e. The molecule has 6 nitrogen and oxygen atoms in total. The Morgan fingerprint density at radius 3 is 2.49 bits per heavy atom. The molecule has 180 valence electrons. The van der Waals surface area contributed by atoms with E-state index in [1.54, 1.807) is 11.8 Å². The molecular formula is C27H28ClN5OS. The molecule has 1 atom stereocenters. The number of aromatic nitrogens is 3. The number of nitrogens with one attached hydrogen (secondary N) is 2. The normalized spacial score (nSPS) is 11.8. The molecule has 2 N–H and O–H groups in total. The Bertz CT molecular complexity index is 1340. The summed E-state index contributed by atoms with van der Waals surface area (Å²) in [5.74, 6) is 1.38. The minimum absolute atomic E-state index is 0.312. The molecule has 1 aromatic heterocycles. The minimum Gasteiger partial charge on any atom is -0.328 e. The topological polar surface area (TPSA) is 71.8 Å². The fraction of sp³-hybridized carbons (Fsp3) is 0.222. The maximum absolute atomic E-state index is 12.7. The standard InChI is InChI=1S/C27H28ClN5OS/c1-17-9-13-23(14-10-17)30-26(34)29-20(4)25-31-32-27(35-16-21-8-6-5-7-18(21)2)33(25)24-15-22(28)12-11-19(24)3/h5-15,20H,16H2,1-4H3,(H2,29,30,34). The van der Waals surface area contributed by atoms with Gasteiger partial charge in [0.15, 0.2) is 11.0 Å². The van der Waals surface area contributed by atoms with Gasteiger partial charge in [0.05, 0.1) is 11.7 Å². The molecule has 0 aliphatic rings. The maximum atomic E-state index is 12.7. The zero-order valence-electron chi connectivity index (χ0n) is 20.2. The van der Waals surface area contributed by atoms with Crippen LogP contribution in [0.5, 0.6) is 0 Å². The van der Waals surface area contributed by atoms with Gasteiger partial charge >= 0.3 is 6.03 Å². The molecule has 0 aliphatic heterocycles. The van der Waals surface area contributed by atoms with Crippen LogP contribution in [0.4, 0.5) is 10.5 Å². The van der Waals surface area contributed by atoms with Crippen LogP contribution in [0, 0.1) is 20.8 Å². The molecule has 0 aliphatic carbocycles. The van der Waals surface area contributed by atoms with Crippen molar-refractivity contribution in [3.63, 3.8) is 0 Å². The number of hydrogen-bond acceptors (Lipinski definition) is 4. The Morgan fingerprint density at radius 2 is 1.74 bits per heavy atom. The SMILES string of the molecule is Cc1ccc(NC(=O)NC(C)c2nnc(SCc3ccccc3C)n2-c2cc(Cl)ccc2C)cc1. The lowest BCUT2D eigenvalue weighted by Gasteiger charge is -2.18. The Labute approximate surface area is 215 Å². The summed E-state index contributed by atoms with van der Waals surface area (Å²) >= 11 is 7.96. The number of thioether (sulfide) groups is 1. The molecule has 0 spiro atoms. The van der Waals surface area contributed by atoms with Crippen LogP contribution in [0.15, 0.2) is 71.9 Å². The summed E-state index contributed by atoms with van der Waals surface area (Å²) < 4.78 is 1.99. The van der Waals surface area contributed by atoms with Gasteiger partial charge in [0.1, 0.15) is 0 Å². The number of nitrogens with zero attached hydrogens (tertiary/aromatic N) is 3. The number of carbonyl (C=O) groups excluding carboxylic acids is 1. The molecule has 0 fully saturated rings. The third-order valence-corrected chi connectivity index (χ3v) is 6.95. The van der Waals surface area contributed by atoms with Gasteiger partial charge in [-0.25, -0.2) is 4.79 Å². The van der Waals surface area contributed by atoms with Crippen molar-refractivity contribution in [1.29, 1.82) is 0 Å². The Morgan fingerprint density at radius 1 is 1.00 bits per heavy atom. The van der Waals surface area contributed by atoms with Crippen LogP contribution in [-0.4, -0.2) is 20.8 Å². The van der Waals surface area contributed by atoms with Crippen LogP contribution >= 0.6 is 23.4 Å². The van der Waals surface area contributed by atoms with Crippen molar-refractivity contribution in [1.82, 2.24) is 20.1 Å². The molecular weight excluding hydrogens is 478 g/mol. The first-order valence-corrected chi connectivity index (χ1v) is 12.7. The van der Waals surface area contributed by atoms with E-state index in [2.05, 4.69) is 39.9 Å². The van der Waals surface area contributed by atoms with E-state index in [9.17, 15) is 4.79 Å². The highest BCUT2D eigenvalue weighted by Gasteiger charge is 2.22. The van der Waals surface area contributed by atoms with Crippen LogP contribution in [0.1, 0.15) is 41.0 Å². The van der Waals surface area contributed by atoms with Crippen molar-refractivity contribution in [3.05, 3.63) is 99.8 Å². The summed E-state index contributed by atoms with van der Waals surface area (Å²) in [5, 5.41) is 16.2. The van der Waals surface area contributed by atoms with Crippen LogP contribution in [0.25, 0.3) is 5.69 Å². The summed E-state index contributed by atoms with van der Waals surface area (Å²) in [6.45, 7) is 8.02. The van der Waals surface area contributed by atoms with Crippen molar-refractivity contribution in [2.45, 2.75) is 44.6 Å². The zero-order valence-corrected chi connectivity index (χ0v) is 21.7. The monoisotopic (exact) mass is 505 g/mol. The molecule has 3 aromatic carbocycles. The summed E-state index contributed by atoms with van der Waals surface area (Å²) in [6.07, 6.45) is 0. The Kier molecular flexibility index (Phi) is 7.78. The molecule has 8 heteroatoms. The number of carbonyl (C=O) groups is 1. The minimum atomic E-state index is -0.404. The molecule has 0 bridgehead atoms. The number of aryl methyl sites for hydroxylation is 3. The van der Waals surface area contributed by atoms with E-state index >= 15 is 0 Å². The van der Waals surface area contributed by atoms with E-state index in [-0.39, 0.29) is 6.03 Å². The van der Waals surface area contributed by atoms with Gasteiger partial charge in [-0.1, -0.05) is 71.4 Å². The predicted molar refractivity (Wildman–Crippen MR) is 144 cm³/mol. The first-order valence-electron chi connectivity index (χ1n) is 11.3. The molecule has 4 aromatic rings. The van der Waals surface area contributed by atoms with Gasteiger partial charge in [-0.2, -0.15) is 0 Å². The molecule has 0 saturated carbocycles. The largest absolute Gasteiger partial charge is 0.328 e. The first kappa shape index (κ1) is 24.8. The van der Waals surface area contributed by atoms with Gasteiger partial charge < -0.3 is 10.6 Å². The zero-order chi connectivity index (χ0) is 24.9. The number of hydrogen-bond donors (Lipinski definition) is 2. The van der Waals surface area contributed by atoms with Crippen molar-refractivity contribution < 1.29 is 4.79 Å². The molecule has 35 heavy (non-hydrogen) atoms. The summed E-state index contributed by atoms with van der Waals surface area (Å²) in [7, 11) is 0. The highest BCUT2D eigenvalue weighted by molar-refractivity contribution is 7.98. The average molecular weight is 506 g/mol. The molecule has 0 radical (unpaired) electrons. The number of halogens is 1. The van der Waals surface area contributed by atoms with Crippen molar-refractivity contribution in [3.8, 4) is 5.69 Å². The summed E-state index contributed by atoms with van der Waals surface area (Å²) in [6, 6.07) is 21.0. The van der Waals surface area contributed by atoms with Crippen molar-refractivity contribution >= 4 is 35.1 Å². The van der Waals surface area contributed by atoms with Crippen LogP contribution in [-0.2, 0) is 5.75 Å². The lowest BCUT2D eigenvalue weighted by Crippen LogP contribution is -2.32. The number of benzene rings is 3. The number of amides is 2. The lowest BCUT2D eigenvalue weighted by atomic mass is 10.1. The van der Waals surface area contributed by atoms with E-state index in [1.807, 2.05) is 79.9 Å². The fourth-order valence-electron chi connectivity index (χ4n) is 3.68. The third-order valence-electron chi connectivity index (χ3n) is 5.73.